The Hall–Kier alpha value is -2.10. The topological polar surface area (TPSA) is 38.1 Å². The zero-order chi connectivity index (χ0) is 14.8. The summed E-state index contributed by atoms with van der Waals surface area (Å²) in [6.07, 6.45) is 7.01. The minimum Gasteiger partial charge on any atom is -0.336 e. The fourth-order valence-electron chi connectivity index (χ4n) is 2.99. The molecule has 3 rings (SSSR count). The van der Waals surface area contributed by atoms with Gasteiger partial charge in [-0.25, -0.2) is 4.68 Å². The van der Waals surface area contributed by atoms with Crippen LogP contribution in [0, 0.1) is 6.92 Å². The lowest BCUT2D eigenvalue weighted by Crippen LogP contribution is -2.42. The fourth-order valence-corrected chi connectivity index (χ4v) is 2.99. The first kappa shape index (κ1) is 13.9. The molecule has 21 heavy (non-hydrogen) atoms. The molecule has 0 aliphatic carbocycles. The summed E-state index contributed by atoms with van der Waals surface area (Å²) >= 11 is 0. The van der Waals surface area contributed by atoms with Crippen LogP contribution in [0.25, 0.3) is 5.69 Å². The number of aromatic nitrogens is 2. The summed E-state index contributed by atoms with van der Waals surface area (Å²) < 4.78 is 1.77. The summed E-state index contributed by atoms with van der Waals surface area (Å²) in [6.45, 7) is 5.01. The third kappa shape index (κ3) is 2.71. The van der Waals surface area contributed by atoms with Crippen LogP contribution in [0.3, 0.4) is 0 Å². The van der Waals surface area contributed by atoms with Gasteiger partial charge in [0.1, 0.15) is 0 Å². The number of hydrogen-bond acceptors (Lipinski definition) is 2. The van der Waals surface area contributed by atoms with E-state index < -0.39 is 0 Å². The van der Waals surface area contributed by atoms with E-state index in [2.05, 4.69) is 12.0 Å². The van der Waals surface area contributed by atoms with Crippen molar-refractivity contribution in [1.29, 1.82) is 0 Å². The summed E-state index contributed by atoms with van der Waals surface area (Å²) in [4.78, 5) is 15.0. The second-order valence-electron chi connectivity index (χ2n) is 5.81. The Balaban J connectivity index is 2.00. The van der Waals surface area contributed by atoms with Crippen LogP contribution in [-0.2, 0) is 0 Å². The quantitative estimate of drug-likeness (QED) is 0.849. The van der Waals surface area contributed by atoms with Crippen molar-refractivity contribution in [3.63, 3.8) is 0 Å². The maximum Gasteiger partial charge on any atom is 0.256 e. The summed E-state index contributed by atoms with van der Waals surface area (Å²) in [5, 5.41) is 4.27. The molecule has 0 radical (unpaired) electrons. The molecule has 2 aromatic rings. The SMILES string of the molecule is Cc1ccc(-n2cccn2)c(C(=O)N2CCCCC2C)c1. The van der Waals surface area contributed by atoms with E-state index in [1.165, 1.54) is 6.42 Å². The molecule has 1 aliphatic heterocycles. The van der Waals surface area contributed by atoms with Crippen LogP contribution in [-0.4, -0.2) is 33.2 Å². The van der Waals surface area contributed by atoms with Gasteiger partial charge in [-0.3, -0.25) is 4.79 Å². The zero-order valence-electron chi connectivity index (χ0n) is 12.6. The molecule has 0 spiro atoms. The third-order valence-electron chi connectivity index (χ3n) is 4.20. The number of likely N-dealkylation sites (tertiary alicyclic amines) is 1. The molecule has 1 aromatic heterocycles. The molecule has 110 valence electrons. The van der Waals surface area contributed by atoms with Crippen LogP contribution in [0.5, 0.6) is 0 Å². The number of rotatable bonds is 2. The molecule has 1 fully saturated rings. The molecule has 1 unspecified atom stereocenters. The van der Waals surface area contributed by atoms with E-state index in [0.29, 0.717) is 6.04 Å². The number of aryl methyl sites for hydroxylation is 1. The Morgan fingerprint density at radius 2 is 2.19 bits per heavy atom. The van der Waals surface area contributed by atoms with Gasteiger partial charge in [0.15, 0.2) is 0 Å². The van der Waals surface area contributed by atoms with Crippen molar-refractivity contribution in [2.45, 2.75) is 39.2 Å². The highest BCUT2D eigenvalue weighted by Crippen LogP contribution is 2.23. The van der Waals surface area contributed by atoms with Crippen molar-refractivity contribution < 1.29 is 4.79 Å². The Kier molecular flexibility index (Phi) is 3.78. The minimum atomic E-state index is 0.122. The molecular weight excluding hydrogens is 262 g/mol. The number of amides is 1. The van der Waals surface area contributed by atoms with E-state index in [9.17, 15) is 4.79 Å². The molecular formula is C17H21N3O. The standard InChI is InChI=1S/C17H21N3O/c1-13-7-8-16(20-11-5-9-18-20)15(12-13)17(21)19-10-4-3-6-14(19)2/h5,7-9,11-12,14H,3-4,6,10H2,1-2H3. The second-order valence-corrected chi connectivity index (χ2v) is 5.81. The first-order valence-corrected chi connectivity index (χ1v) is 7.58. The van der Waals surface area contributed by atoms with Crippen molar-refractivity contribution in [2.75, 3.05) is 6.54 Å². The molecule has 1 aromatic carbocycles. The summed E-state index contributed by atoms with van der Waals surface area (Å²) in [7, 11) is 0. The van der Waals surface area contributed by atoms with E-state index in [1.54, 1.807) is 10.9 Å². The van der Waals surface area contributed by atoms with E-state index in [0.717, 1.165) is 36.2 Å². The molecule has 0 bridgehead atoms. The Bertz CT molecular complexity index is 633. The van der Waals surface area contributed by atoms with E-state index in [-0.39, 0.29) is 5.91 Å². The van der Waals surface area contributed by atoms with Crippen LogP contribution < -0.4 is 0 Å². The Labute approximate surface area is 125 Å². The van der Waals surface area contributed by atoms with Crippen LogP contribution >= 0.6 is 0 Å². The first-order valence-electron chi connectivity index (χ1n) is 7.58. The highest BCUT2D eigenvalue weighted by Gasteiger charge is 2.26. The van der Waals surface area contributed by atoms with Gasteiger partial charge in [-0.1, -0.05) is 11.6 Å². The average molecular weight is 283 g/mol. The van der Waals surface area contributed by atoms with Crippen LogP contribution in [0.4, 0.5) is 0 Å². The van der Waals surface area contributed by atoms with Gasteiger partial charge in [-0.2, -0.15) is 5.10 Å². The zero-order valence-corrected chi connectivity index (χ0v) is 12.6. The van der Waals surface area contributed by atoms with Crippen molar-refractivity contribution in [3.05, 3.63) is 47.8 Å². The maximum absolute atomic E-state index is 13.0. The fraction of sp³-hybridized carbons (Fsp3) is 0.412. The van der Waals surface area contributed by atoms with Gasteiger partial charge in [-0.05, 0) is 51.3 Å². The highest BCUT2D eigenvalue weighted by atomic mass is 16.2. The molecule has 1 saturated heterocycles. The minimum absolute atomic E-state index is 0.122. The smallest absolute Gasteiger partial charge is 0.256 e. The molecule has 1 amide bonds. The Morgan fingerprint density at radius 1 is 1.33 bits per heavy atom. The number of benzene rings is 1. The second kappa shape index (κ2) is 5.72. The molecule has 0 N–H and O–H groups in total. The molecule has 1 aliphatic rings. The van der Waals surface area contributed by atoms with Crippen molar-refractivity contribution in [2.24, 2.45) is 0 Å². The predicted octanol–water partition coefficient (Wildman–Crippen LogP) is 3.20. The summed E-state index contributed by atoms with van der Waals surface area (Å²) in [6, 6.07) is 8.16. The summed E-state index contributed by atoms with van der Waals surface area (Å²) in [5.74, 6) is 0.122. The first-order chi connectivity index (χ1) is 10.2. The molecule has 0 saturated carbocycles. The molecule has 1 atom stereocenters. The normalized spacial score (nSPS) is 18.8. The van der Waals surface area contributed by atoms with E-state index in [1.807, 2.05) is 42.3 Å². The number of nitrogens with zero attached hydrogens (tertiary/aromatic N) is 3. The van der Waals surface area contributed by atoms with Gasteiger partial charge in [0.2, 0.25) is 0 Å². The van der Waals surface area contributed by atoms with E-state index >= 15 is 0 Å². The van der Waals surface area contributed by atoms with Gasteiger partial charge in [0.25, 0.3) is 5.91 Å². The van der Waals surface area contributed by atoms with Crippen LogP contribution in [0.1, 0.15) is 42.1 Å². The van der Waals surface area contributed by atoms with Crippen molar-refractivity contribution >= 4 is 5.91 Å². The van der Waals surface area contributed by atoms with Gasteiger partial charge >= 0.3 is 0 Å². The largest absolute Gasteiger partial charge is 0.336 e. The number of carbonyl (C=O) groups excluding carboxylic acids is 1. The third-order valence-corrected chi connectivity index (χ3v) is 4.20. The van der Waals surface area contributed by atoms with Gasteiger partial charge < -0.3 is 4.90 Å². The van der Waals surface area contributed by atoms with Gasteiger partial charge in [0, 0.05) is 25.0 Å². The highest BCUT2D eigenvalue weighted by molar-refractivity contribution is 5.98. The lowest BCUT2D eigenvalue weighted by Gasteiger charge is -2.34. The molecule has 2 heterocycles. The monoisotopic (exact) mass is 283 g/mol. The Morgan fingerprint density at radius 3 is 2.90 bits per heavy atom. The molecule has 4 nitrogen and oxygen atoms in total. The van der Waals surface area contributed by atoms with Crippen molar-refractivity contribution in [1.82, 2.24) is 14.7 Å². The average Bonchev–Trinajstić information content (AvgIpc) is 3.01. The number of carbonyl (C=O) groups is 1. The van der Waals surface area contributed by atoms with Gasteiger partial charge in [0.05, 0.1) is 11.3 Å². The maximum atomic E-state index is 13.0. The molecule has 4 heteroatoms. The number of piperidine rings is 1. The summed E-state index contributed by atoms with van der Waals surface area (Å²) in [5.41, 5.74) is 2.69. The van der Waals surface area contributed by atoms with Crippen molar-refractivity contribution in [3.8, 4) is 5.69 Å². The number of hydrogen-bond donors (Lipinski definition) is 0. The lowest BCUT2D eigenvalue weighted by molar-refractivity contribution is 0.0635. The van der Waals surface area contributed by atoms with Crippen LogP contribution in [0.2, 0.25) is 0 Å². The van der Waals surface area contributed by atoms with E-state index in [4.69, 9.17) is 0 Å². The lowest BCUT2D eigenvalue weighted by atomic mass is 10.0. The predicted molar refractivity (Wildman–Crippen MR) is 82.7 cm³/mol. The van der Waals surface area contributed by atoms with Crippen LogP contribution in [0.15, 0.2) is 36.7 Å². The van der Waals surface area contributed by atoms with Gasteiger partial charge in [-0.15, -0.1) is 0 Å².